The van der Waals surface area contributed by atoms with Crippen molar-refractivity contribution in [2.45, 2.75) is 25.2 Å². The Kier molecular flexibility index (Phi) is 5.40. The first kappa shape index (κ1) is 17.8. The van der Waals surface area contributed by atoms with E-state index < -0.39 is 18.2 Å². The van der Waals surface area contributed by atoms with Crippen molar-refractivity contribution >= 4 is 23.0 Å². The summed E-state index contributed by atoms with van der Waals surface area (Å²) < 4.78 is 1.48. The van der Waals surface area contributed by atoms with Crippen LogP contribution in [0.2, 0.25) is 0 Å². The first-order valence-corrected chi connectivity index (χ1v) is 8.09. The van der Waals surface area contributed by atoms with Crippen LogP contribution in [0.5, 0.6) is 0 Å². The summed E-state index contributed by atoms with van der Waals surface area (Å²) in [6.45, 7) is 0.508. The molecule has 4 N–H and O–H groups in total. The SMILES string of the molecule is O=C(O)[C@H](O)[C@H](O)Cn1cnc2c(NCCc3ccccc3)ncnc21. The fourth-order valence-corrected chi connectivity index (χ4v) is 2.58. The van der Waals surface area contributed by atoms with Gasteiger partial charge in [-0.15, -0.1) is 0 Å². The summed E-state index contributed by atoms with van der Waals surface area (Å²) in [5, 5.41) is 31.2. The van der Waals surface area contributed by atoms with Crippen LogP contribution in [0.3, 0.4) is 0 Å². The van der Waals surface area contributed by atoms with E-state index in [-0.39, 0.29) is 6.54 Å². The van der Waals surface area contributed by atoms with Crippen LogP contribution >= 0.6 is 0 Å². The molecule has 26 heavy (non-hydrogen) atoms. The number of aliphatic hydroxyl groups excluding tert-OH is 2. The summed E-state index contributed by atoms with van der Waals surface area (Å²) in [4.78, 5) is 23.3. The summed E-state index contributed by atoms with van der Waals surface area (Å²) in [6, 6.07) is 10.0. The Morgan fingerprint density at radius 3 is 2.65 bits per heavy atom. The minimum Gasteiger partial charge on any atom is -0.479 e. The van der Waals surface area contributed by atoms with Crippen molar-refractivity contribution in [1.82, 2.24) is 19.5 Å². The quantitative estimate of drug-likeness (QED) is 0.452. The number of hydrogen-bond donors (Lipinski definition) is 4. The third-order valence-electron chi connectivity index (χ3n) is 3.95. The number of benzene rings is 1. The van der Waals surface area contributed by atoms with E-state index in [9.17, 15) is 15.0 Å². The van der Waals surface area contributed by atoms with Crippen LogP contribution in [-0.2, 0) is 17.8 Å². The van der Waals surface area contributed by atoms with Gasteiger partial charge in [0.2, 0.25) is 0 Å². The lowest BCUT2D eigenvalue weighted by Crippen LogP contribution is -2.36. The average Bonchev–Trinajstić information content (AvgIpc) is 3.05. The highest BCUT2D eigenvalue weighted by Gasteiger charge is 2.24. The number of nitrogens with one attached hydrogen (secondary N) is 1. The number of carboxylic acid groups (broad SMARTS) is 1. The van der Waals surface area contributed by atoms with E-state index in [0.717, 1.165) is 6.42 Å². The van der Waals surface area contributed by atoms with E-state index in [1.54, 1.807) is 0 Å². The molecule has 136 valence electrons. The number of nitrogens with zero attached hydrogens (tertiary/aromatic N) is 4. The van der Waals surface area contributed by atoms with Crippen molar-refractivity contribution in [2.24, 2.45) is 0 Å². The molecule has 0 bridgehead atoms. The highest BCUT2D eigenvalue weighted by molar-refractivity contribution is 5.82. The van der Waals surface area contributed by atoms with Crippen LogP contribution in [0.25, 0.3) is 11.2 Å². The minimum absolute atomic E-state index is 0.148. The van der Waals surface area contributed by atoms with Gasteiger partial charge in [0.05, 0.1) is 12.9 Å². The van der Waals surface area contributed by atoms with Crippen LogP contribution in [0.1, 0.15) is 5.56 Å². The average molecular weight is 357 g/mol. The number of aliphatic carboxylic acids is 1. The van der Waals surface area contributed by atoms with Gasteiger partial charge in [0.25, 0.3) is 0 Å². The third kappa shape index (κ3) is 3.95. The molecule has 0 unspecified atom stereocenters. The molecule has 0 saturated carbocycles. The molecule has 0 spiro atoms. The summed E-state index contributed by atoms with van der Waals surface area (Å²) >= 11 is 0. The Morgan fingerprint density at radius 2 is 1.92 bits per heavy atom. The fourth-order valence-electron chi connectivity index (χ4n) is 2.58. The second-order valence-corrected chi connectivity index (χ2v) is 5.80. The molecular weight excluding hydrogens is 338 g/mol. The smallest absolute Gasteiger partial charge is 0.335 e. The topological polar surface area (TPSA) is 133 Å². The Labute approximate surface area is 149 Å². The lowest BCUT2D eigenvalue weighted by atomic mass is 10.1. The molecule has 3 aromatic rings. The van der Waals surface area contributed by atoms with Gasteiger partial charge in [-0.1, -0.05) is 30.3 Å². The summed E-state index contributed by atoms with van der Waals surface area (Å²) in [5.74, 6) is -0.933. The summed E-state index contributed by atoms with van der Waals surface area (Å²) in [7, 11) is 0. The maximum Gasteiger partial charge on any atom is 0.335 e. The van der Waals surface area contributed by atoms with E-state index in [1.807, 2.05) is 30.3 Å². The monoisotopic (exact) mass is 357 g/mol. The molecule has 9 heteroatoms. The van der Waals surface area contributed by atoms with Crippen LogP contribution in [0.4, 0.5) is 5.82 Å². The standard InChI is InChI=1S/C17H19N5O4/c23-12(14(24)17(25)26)8-22-10-21-13-15(19-9-20-16(13)22)18-7-6-11-4-2-1-3-5-11/h1-5,9-10,12,14,23-24H,6-8H2,(H,25,26)(H,18,19,20)/t12-,14-/m1/s1. The molecule has 9 nitrogen and oxygen atoms in total. The molecule has 0 amide bonds. The molecule has 0 fully saturated rings. The number of rotatable bonds is 8. The Morgan fingerprint density at radius 1 is 1.15 bits per heavy atom. The number of anilines is 1. The van der Waals surface area contributed by atoms with Gasteiger partial charge in [0, 0.05) is 6.54 Å². The zero-order valence-electron chi connectivity index (χ0n) is 13.9. The number of carbonyl (C=O) groups is 1. The molecular formula is C17H19N5O4. The van der Waals surface area contributed by atoms with E-state index >= 15 is 0 Å². The third-order valence-corrected chi connectivity index (χ3v) is 3.95. The number of fused-ring (bicyclic) bond motifs is 1. The van der Waals surface area contributed by atoms with Crippen molar-refractivity contribution < 1.29 is 20.1 Å². The minimum atomic E-state index is -1.88. The van der Waals surface area contributed by atoms with Gasteiger partial charge in [0.1, 0.15) is 17.9 Å². The molecule has 2 atom stereocenters. The summed E-state index contributed by atoms with van der Waals surface area (Å²) in [6.07, 6.45) is 0.258. The van der Waals surface area contributed by atoms with Crippen LogP contribution in [-0.4, -0.2) is 59.6 Å². The van der Waals surface area contributed by atoms with Gasteiger partial charge in [0.15, 0.2) is 17.6 Å². The number of hydrogen-bond acceptors (Lipinski definition) is 7. The van der Waals surface area contributed by atoms with E-state index in [4.69, 9.17) is 5.11 Å². The fraction of sp³-hybridized carbons (Fsp3) is 0.294. The van der Waals surface area contributed by atoms with Crippen molar-refractivity contribution in [3.63, 3.8) is 0 Å². The molecule has 0 aliphatic heterocycles. The van der Waals surface area contributed by atoms with E-state index in [1.165, 1.54) is 22.8 Å². The van der Waals surface area contributed by atoms with Gasteiger partial charge in [-0.05, 0) is 12.0 Å². The van der Waals surface area contributed by atoms with Crippen molar-refractivity contribution in [1.29, 1.82) is 0 Å². The number of imidazole rings is 1. The largest absolute Gasteiger partial charge is 0.479 e. The lowest BCUT2D eigenvalue weighted by molar-refractivity contribution is -0.153. The predicted octanol–water partition coefficient (Wildman–Crippen LogP) is 0.287. The van der Waals surface area contributed by atoms with Crippen molar-refractivity contribution in [3.8, 4) is 0 Å². The number of carboxylic acids is 1. The van der Waals surface area contributed by atoms with Gasteiger partial charge in [-0.2, -0.15) is 0 Å². The molecule has 0 aliphatic rings. The second kappa shape index (κ2) is 7.89. The zero-order valence-corrected chi connectivity index (χ0v) is 13.9. The van der Waals surface area contributed by atoms with Gasteiger partial charge in [-0.25, -0.2) is 19.7 Å². The second-order valence-electron chi connectivity index (χ2n) is 5.80. The van der Waals surface area contributed by atoms with Gasteiger partial charge >= 0.3 is 5.97 Å². The molecule has 0 radical (unpaired) electrons. The summed E-state index contributed by atoms with van der Waals surface area (Å²) in [5.41, 5.74) is 2.15. The molecule has 0 saturated heterocycles. The predicted molar refractivity (Wildman–Crippen MR) is 93.6 cm³/mol. The first-order chi connectivity index (χ1) is 12.6. The van der Waals surface area contributed by atoms with Crippen molar-refractivity contribution in [2.75, 3.05) is 11.9 Å². The van der Waals surface area contributed by atoms with Gasteiger partial charge < -0.3 is 25.2 Å². The molecule has 2 aromatic heterocycles. The lowest BCUT2D eigenvalue weighted by Gasteiger charge is -2.14. The van der Waals surface area contributed by atoms with Crippen LogP contribution < -0.4 is 5.32 Å². The highest BCUT2D eigenvalue weighted by Crippen LogP contribution is 2.18. The maximum atomic E-state index is 10.8. The normalized spacial score (nSPS) is 13.5. The molecule has 1 aromatic carbocycles. The Bertz CT molecular complexity index is 883. The zero-order chi connectivity index (χ0) is 18.5. The van der Waals surface area contributed by atoms with Crippen LogP contribution in [0.15, 0.2) is 43.0 Å². The van der Waals surface area contributed by atoms with E-state index in [0.29, 0.717) is 23.5 Å². The van der Waals surface area contributed by atoms with Crippen LogP contribution in [0, 0.1) is 0 Å². The molecule has 3 rings (SSSR count). The highest BCUT2D eigenvalue weighted by atomic mass is 16.4. The molecule has 2 heterocycles. The maximum absolute atomic E-state index is 10.8. The van der Waals surface area contributed by atoms with Crippen molar-refractivity contribution in [3.05, 3.63) is 48.5 Å². The van der Waals surface area contributed by atoms with E-state index in [2.05, 4.69) is 20.3 Å². The Balaban J connectivity index is 1.71. The van der Waals surface area contributed by atoms with Gasteiger partial charge in [-0.3, -0.25) is 0 Å². The number of aliphatic hydroxyl groups is 2. The Hall–Kier alpha value is -3.04. The molecule has 0 aliphatic carbocycles. The first-order valence-electron chi connectivity index (χ1n) is 8.09. The number of aromatic nitrogens is 4.